The van der Waals surface area contributed by atoms with Crippen molar-refractivity contribution < 1.29 is 4.79 Å². The lowest BCUT2D eigenvalue weighted by Gasteiger charge is -2.19. The molecule has 0 radical (unpaired) electrons. The van der Waals surface area contributed by atoms with Crippen molar-refractivity contribution in [3.8, 4) is 0 Å². The fourth-order valence-electron chi connectivity index (χ4n) is 1.99. The maximum Gasteiger partial charge on any atom is 0.242 e. The van der Waals surface area contributed by atoms with Gasteiger partial charge in [-0.1, -0.05) is 19.9 Å². The lowest BCUT2D eigenvalue weighted by molar-refractivity contribution is -0.122. The first kappa shape index (κ1) is 13.8. The lowest BCUT2D eigenvalue weighted by Crippen LogP contribution is -2.32. The smallest absolute Gasteiger partial charge is 0.242 e. The van der Waals surface area contributed by atoms with Crippen molar-refractivity contribution in [1.29, 1.82) is 0 Å². The molecule has 2 aromatic heterocycles. The molecule has 102 valence electrons. The first-order valence-corrected chi connectivity index (χ1v) is 7.33. The second-order valence-electron chi connectivity index (χ2n) is 4.97. The fraction of sp³-hybridized carbons (Fsp3) is 0.429. The normalized spacial score (nSPS) is 12.6. The molecule has 0 saturated carbocycles. The van der Waals surface area contributed by atoms with Crippen LogP contribution in [0.3, 0.4) is 0 Å². The van der Waals surface area contributed by atoms with E-state index < -0.39 is 0 Å². The molecule has 0 saturated heterocycles. The van der Waals surface area contributed by atoms with E-state index in [1.807, 2.05) is 17.5 Å². The summed E-state index contributed by atoms with van der Waals surface area (Å²) < 4.78 is 1.64. The van der Waals surface area contributed by atoms with Crippen LogP contribution in [0.4, 0.5) is 0 Å². The summed E-state index contributed by atoms with van der Waals surface area (Å²) in [4.78, 5) is 13.2. The van der Waals surface area contributed by atoms with Crippen LogP contribution < -0.4 is 5.32 Å². The van der Waals surface area contributed by atoms with Crippen LogP contribution in [0.2, 0.25) is 0 Å². The third-order valence-electron chi connectivity index (χ3n) is 2.79. The molecule has 1 amide bonds. The van der Waals surface area contributed by atoms with Gasteiger partial charge in [-0.25, -0.2) is 0 Å². The predicted octanol–water partition coefficient (Wildman–Crippen LogP) is 2.85. The fourth-order valence-corrected chi connectivity index (χ4v) is 2.78. The van der Waals surface area contributed by atoms with Crippen LogP contribution in [0, 0.1) is 5.92 Å². The van der Waals surface area contributed by atoms with Crippen LogP contribution in [0.1, 0.15) is 31.2 Å². The average Bonchev–Trinajstić information content (AvgIpc) is 2.99. The van der Waals surface area contributed by atoms with Crippen LogP contribution in [-0.4, -0.2) is 15.7 Å². The molecule has 0 aromatic carbocycles. The Morgan fingerprint density at radius 1 is 1.47 bits per heavy atom. The number of rotatable bonds is 6. The Morgan fingerprint density at radius 2 is 2.32 bits per heavy atom. The number of hydrogen-bond acceptors (Lipinski definition) is 3. The van der Waals surface area contributed by atoms with E-state index in [1.54, 1.807) is 28.4 Å². The first-order valence-electron chi connectivity index (χ1n) is 6.45. The Morgan fingerprint density at radius 3 is 2.89 bits per heavy atom. The van der Waals surface area contributed by atoms with E-state index in [2.05, 4.69) is 30.3 Å². The summed E-state index contributed by atoms with van der Waals surface area (Å²) in [5, 5.41) is 9.19. The summed E-state index contributed by atoms with van der Waals surface area (Å²) in [6, 6.07) is 6.01. The molecule has 2 heterocycles. The maximum absolute atomic E-state index is 12.0. The number of carbonyl (C=O) groups is 1. The zero-order valence-corrected chi connectivity index (χ0v) is 12.1. The highest BCUT2D eigenvalue weighted by Crippen LogP contribution is 2.25. The van der Waals surface area contributed by atoms with E-state index in [4.69, 9.17) is 0 Å². The standard InChI is InChI=1S/C14H19N3OS/c1-11(2)9-12(13-5-3-8-19-13)16-14(18)10-17-7-4-6-15-17/h3-8,11-12H,9-10H2,1-2H3,(H,16,18)/t12-/m1/s1. The molecule has 0 bridgehead atoms. The monoisotopic (exact) mass is 277 g/mol. The predicted molar refractivity (Wildman–Crippen MR) is 76.9 cm³/mol. The largest absolute Gasteiger partial charge is 0.347 e. The Labute approximate surface area is 117 Å². The van der Waals surface area contributed by atoms with Gasteiger partial charge in [-0.15, -0.1) is 11.3 Å². The van der Waals surface area contributed by atoms with E-state index in [0.29, 0.717) is 5.92 Å². The van der Waals surface area contributed by atoms with Gasteiger partial charge in [0.25, 0.3) is 0 Å². The van der Waals surface area contributed by atoms with Gasteiger partial charge >= 0.3 is 0 Å². The minimum absolute atomic E-state index is 0.00255. The lowest BCUT2D eigenvalue weighted by atomic mass is 10.0. The zero-order chi connectivity index (χ0) is 13.7. The van der Waals surface area contributed by atoms with Gasteiger partial charge in [-0.2, -0.15) is 5.10 Å². The number of nitrogens with one attached hydrogen (secondary N) is 1. The number of nitrogens with zero attached hydrogens (tertiary/aromatic N) is 2. The second-order valence-corrected chi connectivity index (χ2v) is 5.95. The van der Waals surface area contributed by atoms with Crippen molar-refractivity contribution in [2.45, 2.75) is 32.9 Å². The molecule has 0 spiro atoms. The molecule has 0 unspecified atom stereocenters. The third-order valence-corrected chi connectivity index (χ3v) is 3.78. The molecule has 2 aromatic rings. The average molecular weight is 277 g/mol. The van der Waals surface area contributed by atoms with Crippen molar-refractivity contribution in [3.63, 3.8) is 0 Å². The van der Waals surface area contributed by atoms with E-state index in [-0.39, 0.29) is 18.5 Å². The molecule has 0 aliphatic carbocycles. The van der Waals surface area contributed by atoms with Gasteiger partial charge in [0.05, 0.1) is 6.04 Å². The van der Waals surface area contributed by atoms with Crippen LogP contribution in [0.25, 0.3) is 0 Å². The molecule has 0 aliphatic rings. The molecular weight excluding hydrogens is 258 g/mol. The number of hydrogen-bond donors (Lipinski definition) is 1. The molecule has 4 nitrogen and oxygen atoms in total. The highest BCUT2D eigenvalue weighted by Gasteiger charge is 2.17. The first-order chi connectivity index (χ1) is 9.15. The van der Waals surface area contributed by atoms with Crippen molar-refractivity contribution >= 4 is 17.2 Å². The van der Waals surface area contributed by atoms with Gasteiger partial charge in [0, 0.05) is 17.3 Å². The van der Waals surface area contributed by atoms with Crippen molar-refractivity contribution in [2.24, 2.45) is 5.92 Å². The number of aromatic nitrogens is 2. The SMILES string of the molecule is CC(C)C[C@@H](NC(=O)Cn1cccn1)c1cccs1. The van der Waals surface area contributed by atoms with E-state index in [0.717, 1.165) is 6.42 Å². The maximum atomic E-state index is 12.0. The molecular formula is C14H19N3OS. The van der Waals surface area contributed by atoms with Gasteiger partial charge < -0.3 is 5.32 Å². The molecule has 0 fully saturated rings. The van der Waals surface area contributed by atoms with Gasteiger partial charge in [0.15, 0.2) is 0 Å². The molecule has 1 N–H and O–H groups in total. The van der Waals surface area contributed by atoms with Crippen LogP contribution in [0.15, 0.2) is 36.0 Å². The molecule has 2 rings (SSSR count). The Bertz CT molecular complexity index is 491. The summed E-state index contributed by atoms with van der Waals surface area (Å²) in [5.74, 6) is 0.542. The Balaban J connectivity index is 1.97. The minimum Gasteiger partial charge on any atom is -0.347 e. The van der Waals surface area contributed by atoms with Crippen molar-refractivity contribution in [2.75, 3.05) is 0 Å². The number of amides is 1. The quantitative estimate of drug-likeness (QED) is 0.882. The summed E-state index contributed by atoms with van der Waals surface area (Å²) in [6.45, 7) is 4.60. The van der Waals surface area contributed by atoms with Crippen LogP contribution >= 0.6 is 11.3 Å². The van der Waals surface area contributed by atoms with Crippen LogP contribution in [-0.2, 0) is 11.3 Å². The van der Waals surface area contributed by atoms with Gasteiger partial charge in [-0.3, -0.25) is 9.48 Å². The van der Waals surface area contributed by atoms with Crippen molar-refractivity contribution in [3.05, 3.63) is 40.8 Å². The topological polar surface area (TPSA) is 46.9 Å². The number of carbonyl (C=O) groups excluding carboxylic acids is 1. The number of thiophene rings is 1. The van der Waals surface area contributed by atoms with E-state index in [9.17, 15) is 4.79 Å². The van der Waals surface area contributed by atoms with Crippen molar-refractivity contribution in [1.82, 2.24) is 15.1 Å². The van der Waals surface area contributed by atoms with Gasteiger partial charge in [0.1, 0.15) is 6.54 Å². The summed E-state index contributed by atoms with van der Waals surface area (Å²) >= 11 is 1.69. The van der Waals surface area contributed by atoms with Gasteiger partial charge in [-0.05, 0) is 29.9 Å². The van der Waals surface area contributed by atoms with Gasteiger partial charge in [0.2, 0.25) is 5.91 Å². The van der Waals surface area contributed by atoms with Crippen LogP contribution in [0.5, 0.6) is 0 Å². The summed E-state index contributed by atoms with van der Waals surface area (Å²) in [6.07, 6.45) is 4.42. The minimum atomic E-state index is 0.00255. The summed E-state index contributed by atoms with van der Waals surface area (Å²) in [7, 11) is 0. The third kappa shape index (κ3) is 4.21. The molecule has 1 atom stereocenters. The molecule has 5 heteroatoms. The highest BCUT2D eigenvalue weighted by molar-refractivity contribution is 7.10. The Kier molecular flexibility index (Phi) is 4.74. The highest BCUT2D eigenvalue weighted by atomic mass is 32.1. The Hall–Kier alpha value is -1.62. The molecule has 0 aliphatic heterocycles. The van der Waals surface area contributed by atoms with E-state index >= 15 is 0 Å². The second kappa shape index (κ2) is 6.52. The van der Waals surface area contributed by atoms with E-state index in [1.165, 1.54) is 4.88 Å². The summed E-state index contributed by atoms with van der Waals surface area (Å²) in [5.41, 5.74) is 0. The molecule has 19 heavy (non-hydrogen) atoms. The zero-order valence-electron chi connectivity index (χ0n) is 11.2.